The van der Waals surface area contributed by atoms with E-state index in [4.69, 9.17) is 9.72 Å². The van der Waals surface area contributed by atoms with Gasteiger partial charge in [0.25, 0.3) is 5.91 Å². The number of rotatable bonds is 2. The van der Waals surface area contributed by atoms with Gasteiger partial charge in [-0.2, -0.15) is 5.26 Å². The van der Waals surface area contributed by atoms with Crippen LogP contribution in [0.2, 0.25) is 0 Å². The summed E-state index contributed by atoms with van der Waals surface area (Å²) in [5.41, 5.74) is 4.25. The second-order valence-electron chi connectivity index (χ2n) is 11.6. The fraction of sp³-hybridized carbons (Fsp3) is 0.355. The highest BCUT2D eigenvalue weighted by molar-refractivity contribution is 7.21. The zero-order valence-corrected chi connectivity index (χ0v) is 24.4. The van der Waals surface area contributed by atoms with Crippen LogP contribution in [0.1, 0.15) is 42.9 Å². The van der Waals surface area contributed by atoms with Crippen LogP contribution in [-0.4, -0.2) is 66.3 Å². The Balaban J connectivity index is 1.31. The van der Waals surface area contributed by atoms with E-state index in [1.165, 1.54) is 11.3 Å². The van der Waals surface area contributed by atoms with Crippen molar-refractivity contribution in [1.82, 2.24) is 15.2 Å². The number of carbonyl (C=O) groups is 2. The van der Waals surface area contributed by atoms with Crippen molar-refractivity contribution in [3.63, 3.8) is 0 Å². The average molecular weight is 569 g/mol. The normalized spacial score (nSPS) is 17.4. The summed E-state index contributed by atoms with van der Waals surface area (Å²) in [4.78, 5) is 34.9. The van der Waals surface area contributed by atoms with E-state index in [0.29, 0.717) is 43.2 Å². The summed E-state index contributed by atoms with van der Waals surface area (Å²) in [5.74, 6) is -0.0517. The second kappa shape index (κ2) is 10.2. The van der Waals surface area contributed by atoms with Gasteiger partial charge in [0.1, 0.15) is 10.5 Å². The summed E-state index contributed by atoms with van der Waals surface area (Å²) in [6.07, 6.45) is -0.300. The fourth-order valence-electron chi connectivity index (χ4n) is 5.37. The molecule has 2 amide bonds. The maximum absolute atomic E-state index is 12.8. The molecule has 2 N–H and O–H groups in total. The van der Waals surface area contributed by atoms with E-state index in [2.05, 4.69) is 33.7 Å². The maximum Gasteiger partial charge on any atom is 0.410 e. The summed E-state index contributed by atoms with van der Waals surface area (Å²) in [6.45, 7) is 10.6. The molecule has 210 valence electrons. The Kier molecular flexibility index (Phi) is 6.70. The van der Waals surface area contributed by atoms with Crippen molar-refractivity contribution in [2.24, 2.45) is 0 Å². The van der Waals surface area contributed by atoms with Gasteiger partial charge in [-0.15, -0.1) is 11.3 Å². The van der Waals surface area contributed by atoms with Crippen molar-refractivity contribution in [3.05, 3.63) is 52.9 Å². The number of anilines is 2. The highest BCUT2D eigenvalue weighted by Gasteiger charge is 2.27. The number of benzene rings is 2. The molecule has 2 aromatic carbocycles. The number of amides is 2. The number of fused-ring (bicyclic) bond motifs is 5. The third-order valence-corrected chi connectivity index (χ3v) is 8.48. The lowest BCUT2D eigenvalue weighted by Gasteiger charge is -2.37. The zero-order valence-electron chi connectivity index (χ0n) is 23.6. The van der Waals surface area contributed by atoms with E-state index >= 15 is 0 Å². The lowest BCUT2D eigenvalue weighted by atomic mass is 10.0. The third kappa shape index (κ3) is 5.25. The minimum Gasteiger partial charge on any atom is -0.444 e. The molecule has 4 aromatic rings. The van der Waals surface area contributed by atoms with E-state index in [1.54, 1.807) is 4.90 Å². The number of thiophene rings is 1. The van der Waals surface area contributed by atoms with Gasteiger partial charge in [-0.3, -0.25) is 4.79 Å². The first-order valence-electron chi connectivity index (χ1n) is 13.8. The van der Waals surface area contributed by atoms with Crippen molar-refractivity contribution < 1.29 is 14.3 Å². The Morgan fingerprint density at radius 3 is 2.63 bits per heavy atom. The standard InChI is InChI=1S/C31H32N6O3S/c1-18-17-33-27-26-22-5-6-23(35-24(22)7-8-25(26)41-28(27)29(38)34-18)20-13-19(16-32)14-21(15-20)36-9-11-37(12-10-36)30(39)40-31(2,3)4/h5-8,13-15,18,33H,9-12,17H2,1-4H3,(H,34,38)/t18-/m1/s1. The molecule has 2 aromatic heterocycles. The Morgan fingerprint density at radius 2 is 1.90 bits per heavy atom. The maximum atomic E-state index is 12.8. The summed E-state index contributed by atoms with van der Waals surface area (Å²) >= 11 is 1.49. The van der Waals surface area contributed by atoms with Crippen LogP contribution in [0.25, 0.3) is 32.2 Å². The summed E-state index contributed by atoms with van der Waals surface area (Å²) in [5, 5.41) is 18.3. The minimum atomic E-state index is -0.533. The van der Waals surface area contributed by atoms with Crippen molar-refractivity contribution in [2.75, 3.05) is 42.9 Å². The van der Waals surface area contributed by atoms with Gasteiger partial charge in [0.05, 0.1) is 28.5 Å². The molecule has 2 aliphatic heterocycles. The number of ether oxygens (including phenoxy) is 1. The summed E-state index contributed by atoms with van der Waals surface area (Å²) in [7, 11) is 0. The number of piperazine rings is 1. The first-order chi connectivity index (χ1) is 19.6. The van der Waals surface area contributed by atoms with E-state index < -0.39 is 5.60 Å². The molecule has 0 unspecified atom stereocenters. The predicted molar refractivity (Wildman–Crippen MR) is 163 cm³/mol. The molecule has 2 aliphatic rings. The Hall–Kier alpha value is -4.36. The Bertz CT molecular complexity index is 1730. The number of nitrogens with zero attached hydrogens (tertiary/aromatic N) is 4. The van der Waals surface area contributed by atoms with Gasteiger partial charge in [-0.05, 0) is 70.2 Å². The molecule has 0 saturated carbocycles. The highest BCUT2D eigenvalue weighted by Crippen LogP contribution is 2.41. The molecular weight excluding hydrogens is 536 g/mol. The fourth-order valence-corrected chi connectivity index (χ4v) is 6.46. The highest BCUT2D eigenvalue weighted by atomic mass is 32.1. The number of nitrogens with one attached hydrogen (secondary N) is 2. The molecule has 6 rings (SSSR count). The summed E-state index contributed by atoms with van der Waals surface area (Å²) in [6, 6.07) is 16.2. The molecule has 0 aliphatic carbocycles. The number of nitriles is 1. The van der Waals surface area contributed by atoms with Gasteiger partial charge in [0.2, 0.25) is 0 Å². The Labute approximate surface area is 242 Å². The minimum absolute atomic E-state index is 0.0405. The van der Waals surface area contributed by atoms with Crippen LogP contribution in [0.5, 0.6) is 0 Å². The largest absolute Gasteiger partial charge is 0.444 e. The quantitative estimate of drug-likeness (QED) is 0.324. The lowest BCUT2D eigenvalue weighted by Crippen LogP contribution is -2.50. The van der Waals surface area contributed by atoms with E-state index in [9.17, 15) is 14.9 Å². The molecule has 4 heterocycles. The van der Waals surface area contributed by atoms with Crippen molar-refractivity contribution in [3.8, 4) is 17.3 Å². The van der Waals surface area contributed by atoms with Crippen LogP contribution in [0.3, 0.4) is 0 Å². The van der Waals surface area contributed by atoms with Crippen LogP contribution in [0, 0.1) is 11.3 Å². The van der Waals surface area contributed by atoms with E-state index in [1.807, 2.05) is 58.0 Å². The average Bonchev–Trinajstić information content (AvgIpc) is 3.27. The van der Waals surface area contributed by atoms with Crippen LogP contribution >= 0.6 is 11.3 Å². The number of hydrogen-bond acceptors (Lipinski definition) is 8. The van der Waals surface area contributed by atoms with Crippen molar-refractivity contribution in [2.45, 2.75) is 39.3 Å². The van der Waals surface area contributed by atoms with Gasteiger partial charge in [0.15, 0.2) is 0 Å². The first-order valence-corrected chi connectivity index (χ1v) is 14.6. The smallest absolute Gasteiger partial charge is 0.410 e. The number of pyridine rings is 1. The van der Waals surface area contributed by atoms with Gasteiger partial charge in [0, 0.05) is 65.5 Å². The SMILES string of the molecule is C[C@@H]1CNc2c(sc3ccc4nc(-c5cc(C#N)cc(N6CCN(C(=O)OC(C)(C)C)CC6)c5)ccc4c23)C(=O)N1. The molecule has 0 spiro atoms. The van der Waals surface area contributed by atoms with Gasteiger partial charge in [-0.1, -0.05) is 0 Å². The van der Waals surface area contributed by atoms with Gasteiger partial charge >= 0.3 is 6.09 Å². The monoisotopic (exact) mass is 568 g/mol. The van der Waals surface area contributed by atoms with Crippen LogP contribution in [0.4, 0.5) is 16.2 Å². The van der Waals surface area contributed by atoms with Crippen LogP contribution in [-0.2, 0) is 4.74 Å². The topological polar surface area (TPSA) is 111 Å². The molecule has 0 bridgehead atoms. The van der Waals surface area contributed by atoms with Crippen molar-refractivity contribution >= 4 is 55.7 Å². The molecular formula is C31H32N6O3S. The van der Waals surface area contributed by atoms with Gasteiger partial charge < -0.3 is 25.2 Å². The first kappa shape index (κ1) is 26.8. The second-order valence-corrected chi connectivity index (χ2v) is 12.7. The number of aromatic nitrogens is 1. The van der Waals surface area contributed by atoms with Crippen molar-refractivity contribution in [1.29, 1.82) is 5.26 Å². The van der Waals surface area contributed by atoms with E-state index in [-0.39, 0.29) is 18.0 Å². The molecule has 10 heteroatoms. The molecule has 0 radical (unpaired) electrons. The summed E-state index contributed by atoms with van der Waals surface area (Å²) < 4.78 is 6.56. The molecule has 1 fully saturated rings. The van der Waals surface area contributed by atoms with E-state index in [0.717, 1.165) is 43.6 Å². The Morgan fingerprint density at radius 1 is 1.12 bits per heavy atom. The molecule has 1 atom stereocenters. The lowest BCUT2D eigenvalue weighted by molar-refractivity contribution is 0.0240. The van der Waals surface area contributed by atoms with Crippen LogP contribution < -0.4 is 15.5 Å². The molecule has 41 heavy (non-hydrogen) atoms. The number of carbonyl (C=O) groups excluding carboxylic acids is 2. The number of hydrogen-bond donors (Lipinski definition) is 2. The van der Waals surface area contributed by atoms with Gasteiger partial charge in [-0.25, -0.2) is 9.78 Å². The zero-order chi connectivity index (χ0) is 28.9. The predicted octanol–water partition coefficient (Wildman–Crippen LogP) is 5.59. The van der Waals surface area contributed by atoms with Crippen LogP contribution in [0.15, 0.2) is 42.5 Å². The molecule has 1 saturated heterocycles. The molecule has 9 nitrogen and oxygen atoms in total. The third-order valence-electron chi connectivity index (χ3n) is 7.33.